The molecule has 0 spiro atoms. The Kier molecular flexibility index (Phi) is 13.1. The summed E-state index contributed by atoms with van der Waals surface area (Å²) in [5.74, 6) is -2.39. The van der Waals surface area contributed by atoms with Crippen molar-refractivity contribution in [2.45, 2.75) is 106 Å². The molecular formula is C28H40Cl3NO8Si. The van der Waals surface area contributed by atoms with E-state index in [1.54, 1.807) is 30.3 Å². The fourth-order valence-electron chi connectivity index (χ4n) is 5.35. The van der Waals surface area contributed by atoms with Gasteiger partial charge in [-0.25, -0.2) is 4.79 Å². The second kappa shape index (κ2) is 15.2. The summed E-state index contributed by atoms with van der Waals surface area (Å²) in [7, 11) is -2.40. The fraction of sp³-hybridized carbons (Fsp3) is 0.643. The first kappa shape index (κ1) is 35.5. The fourth-order valence-corrected chi connectivity index (χ4v) is 10.9. The Morgan fingerprint density at radius 3 is 1.95 bits per heavy atom. The van der Waals surface area contributed by atoms with Crippen molar-refractivity contribution in [2.75, 3.05) is 6.61 Å². The zero-order chi connectivity index (χ0) is 31.1. The predicted octanol–water partition coefficient (Wildman–Crippen LogP) is 6.77. The van der Waals surface area contributed by atoms with Crippen LogP contribution in [0.5, 0.6) is 0 Å². The molecule has 0 saturated carbocycles. The topological polar surface area (TPSA) is 121 Å². The van der Waals surface area contributed by atoms with Gasteiger partial charge in [-0.15, -0.1) is 0 Å². The maximum absolute atomic E-state index is 13.1. The number of hydrogen-bond acceptors (Lipinski definition) is 9. The summed E-state index contributed by atoms with van der Waals surface area (Å²) < 4.78 is 27.6. The molecular weight excluding hydrogens is 613 g/mol. The smallest absolute Gasteiger partial charge is 0.338 e. The molecule has 1 aromatic carbocycles. The van der Waals surface area contributed by atoms with Crippen LogP contribution in [0.3, 0.4) is 0 Å². The SMILES string of the molecule is CC(=O)CCC(=O)O[C@H]1[C@H](OC(=O)c2ccccc2)[C@@H](OC(=N)C(Cl)(Cl)Cl)O[C@@H]1CO[Si](C(C)C)(C(C)C)C(C)C. The van der Waals surface area contributed by atoms with Gasteiger partial charge in [-0.1, -0.05) is 94.5 Å². The van der Waals surface area contributed by atoms with E-state index in [4.69, 9.17) is 63.6 Å². The number of rotatable bonds is 13. The summed E-state index contributed by atoms with van der Waals surface area (Å²) in [5.41, 5.74) is 0.972. The van der Waals surface area contributed by atoms with E-state index in [0.717, 1.165) is 0 Å². The van der Waals surface area contributed by atoms with Crippen LogP contribution < -0.4 is 0 Å². The van der Waals surface area contributed by atoms with Gasteiger partial charge in [0.1, 0.15) is 11.9 Å². The lowest BCUT2D eigenvalue weighted by molar-refractivity contribution is -0.157. The Bertz CT molecular complexity index is 1040. The van der Waals surface area contributed by atoms with Crippen molar-refractivity contribution in [3.8, 4) is 0 Å². The van der Waals surface area contributed by atoms with E-state index in [0.29, 0.717) is 0 Å². The number of halogens is 3. The predicted molar refractivity (Wildman–Crippen MR) is 160 cm³/mol. The lowest BCUT2D eigenvalue weighted by atomic mass is 10.1. The van der Waals surface area contributed by atoms with Gasteiger partial charge in [-0.3, -0.25) is 10.2 Å². The van der Waals surface area contributed by atoms with Crippen LogP contribution in [0.1, 0.15) is 71.7 Å². The number of carbonyl (C=O) groups excluding carboxylic acids is 3. The monoisotopic (exact) mass is 651 g/mol. The summed E-state index contributed by atoms with van der Waals surface area (Å²) in [4.78, 5) is 37.4. The van der Waals surface area contributed by atoms with Crippen LogP contribution in [0.25, 0.3) is 0 Å². The summed E-state index contributed by atoms with van der Waals surface area (Å²) in [6, 6.07) is 8.18. The number of benzene rings is 1. The van der Waals surface area contributed by atoms with Gasteiger partial charge in [-0.05, 0) is 35.7 Å². The van der Waals surface area contributed by atoms with Crippen molar-refractivity contribution in [3.05, 3.63) is 35.9 Å². The number of hydrogen-bond donors (Lipinski definition) is 1. The molecule has 1 heterocycles. The second-order valence-electron chi connectivity index (χ2n) is 11.0. The number of ketones is 1. The Hall–Kier alpha value is -1.69. The van der Waals surface area contributed by atoms with Gasteiger partial charge in [0, 0.05) is 6.42 Å². The molecule has 230 valence electrons. The molecule has 1 saturated heterocycles. The van der Waals surface area contributed by atoms with Crippen molar-refractivity contribution in [3.63, 3.8) is 0 Å². The van der Waals surface area contributed by atoms with Crippen molar-refractivity contribution in [2.24, 2.45) is 0 Å². The Balaban J connectivity index is 2.48. The zero-order valence-corrected chi connectivity index (χ0v) is 27.7. The van der Waals surface area contributed by atoms with Gasteiger partial charge >= 0.3 is 11.9 Å². The van der Waals surface area contributed by atoms with Gasteiger partial charge < -0.3 is 28.2 Å². The first-order chi connectivity index (χ1) is 19.0. The molecule has 0 unspecified atom stereocenters. The third kappa shape index (κ3) is 9.40. The molecule has 1 aliphatic heterocycles. The summed E-state index contributed by atoms with van der Waals surface area (Å²) in [6.07, 6.45) is -5.17. The Morgan fingerprint density at radius 1 is 0.902 bits per heavy atom. The minimum absolute atomic E-state index is 0.00817. The molecule has 0 aliphatic carbocycles. The third-order valence-electron chi connectivity index (χ3n) is 7.16. The highest BCUT2D eigenvalue weighted by atomic mass is 35.6. The zero-order valence-electron chi connectivity index (χ0n) is 24.4. The first-order valence-electron chi connectivity index (χ1n) is 13.6. The van der Waals surface area contributed by atoms with E-state index in [9.17, 15) is 14.4 Å². The molecule has 4 atom stereocenters. The average molecular weight is 653 g/mol. The number of nitrogens with one attached hydrogen (secondary N) is 1. The first-order valence-corrected chi connectivity index (χ1v) is 16.8. The molecule has 0 aromatic heterocycles. The van der Waals surface area contributed by atoms with Gasteiger partial charge in [0.05, 0.1) is 18.6 Å². The highest BCUT2D eigenvalue weighted by Crippen LogP contribution is 2.43. The number of Topliss-reactive ketones (excluding diaryl/α,β-unsaturated/α-hetero) is 1. The second-order valence-corrected chi connectivity index (χ2v) is 18.7. The summed E-state index contributed by atoms with van der Waals surface area (Å²) >= 11 is 17.5. The van der Waals surface area contributed by atoms with Crippen LogP contribution in [-0.4, -0.2) is 66.9 Å². The normalized spacial score (nSPS) is 21.3. The van der Waals surface area contributed by atoms with Crippen molar-refractivity contribution >= 4 is 66.7 Å². The molecule has 0 radical (unpaired) electrons. The van der Waals surface area contributed by atoms with E-state index < -0.39 is 54.5 Å². The minimum atomic E-state index is -2.40. The number of esters is 2. The van der Waals surface area contributed by atoms with Crippen molar-refractivity contribution < 1.29 is 37.8 Å². The van der Waals surface area contributed by atoms with E-state index in [2.05, 4.69) is 41.5 Å². The lowest BCUT2D eigenvalue weighted by Gasteiger charge is -2.42. The quantitative estimate of drug-likeness (QED) is 0.0815. The highest BCUT2D eigenvalue weighted by Gasteiger charge is 2.54. The van der Waals surface area contributed by atoms with E-state index >= 15 is 0 Å². The number of carbonyl (C=O) groups is 3. The van der Waals surface area contributed by atoms with Crippen LogP contribution in [0, 0.1) is 5.41 Å². The molecule has 0 amide bonds. The van der Waals surface area contributed by atoms with Gasteiger partial charge in [0.15, 0.2) is 14.4 Å². The number of alkyl halides is 3. The van der Waals surface area contributed by atoms with Crippen LogP contribution >= 0.6 is 34.8 Å². The average Bonchev–Trinajstić information content (AvgIpc) is 3.17. The molecule has 9 nitrogen and oxygen atoms in total. The molecule has 1 aromatic rings. The Morgan fingerprint density at radius 2 is 1.46 bits per heavy atom. The van der Waals surface area contributed by atoms with Gasteiger partial charge in [-0.2, -0.15) is 0 Å². The minimum Gasteiger partial charge on any atom is -0.455 e. The largest absolute Gasteiger partial charge is 0.455 e. The van der Waals surface area contributed by atoms with Crippen LogP contribution in [-0.2, 0) is 33.0 Å². The Labute approximate surface area is 258 Å². The van der Waals surface area contributed by atoms with Gasteiger partial charge in [0.2, 0.25) is 18.3 Å². The molecule has 1 fully saturated rings. The van der Waals surface area contributed by atoms with E-state index in [1.807, 2.05) is 0 Å². The number of ether oxygens (including phenoxy) is 4. The molecule has 2 rings (SSSR count). The highest BCUT2D eigenvalue weighted by molar-refractivity contribution is 6.77. The summed E-state index contributed by atoms with van der Waals surface area (Å²) in [5, 5.41) is 8.09. The maximum atomic E-state index is 13.1. The molecule has 41 heavy (non-hydrogen) atoms. The molecule has 0 bridgehead atoms. The van der Waals surface area contributed by atoms with Gasteiger partial charge in [0.25, 0.3) is 3.79 Å². The van der Waals surface area contributed by atoms with Crippen molar-refractivity contribution in [1.29, 1.82) is 5.41 Å². The third-order valence-corrected chi connectivity index (χ3v) is 13.8. The molecule has 13 heteroatoms. The standard InChI is InChI=1S/C28H40Cl3NO8Si/c1-16(2)41(17(3)4,18(5)6)36-15-21-23(38-22(34)14-13-19(7)33)24(26(37-21)40-27(32)28(29,30)31)39-25(35)20-11-9-8-10-12-20/h8-12,16-18,21,23-24,26,32H,13-15H2,1-7H3/t21-,23-,24+,26-/m1/s1. The van der Waals surface area contributed by atoms with Crippen LogP contribution in [0.4, 0.5) is 0 Å². The molecule has 1 N–H and O–H groups in total. The van der Waals surface area contributed by atoms with Crippen molar-refractivity contribution in [1.82, 2.24) is 0 Å². The maximum Gasteiger partial charge on any atom is 0.338 e. The van der Waals surface area contributed by atoms with Crippen LogP contribution in [0.2, 0.25) is 16.6 Å². The summed E-state index contributed by atoms with van der Waals surface area (Å²) in [6.45, 7) is 14.1. The van der Waals surface area contributed by atoms with E-state index in [1.165, 1.54) is 6.92 Å². The van der Waals surface area contributed by atoms with Crippen LogP contribution in [0.15, 0.2) is 30.3 Å². The van der Waals surface area contributed by atoms with E-state index in [-0.39, 0.29) is 47.4 Å². The lowest BCUT2D eigenvalue weighted by Crippen LogP contribution is -2.50. The molecule has 1 aliphatic rings.